The Hall–Kier alpha value is -2.53. The van der Waals surface area contributed by atoms with Crippen LogP contribution in [-0.2, 0) is 12.8 Å². The molecule has 5 heteroatoms. The van der Waals surface area contributed by atoms with Crippen LogP contribution in [0.4, 0.5) is 11.4 Å². The number of carbonyl (C=O) groups is 1. The van der Waals surface area contributed by atoms with E-state index in [0.29, 0.717) is 5.69 Å². The number of hydrogen-bond donors (Lipinski definition) is 1. The summed E-state index contributed by atoms with van der Waals surface area (Å²) in [5.74, 6) is 0.105. The quantitative estimate of drug-likeness (QED) is 0.775. The molecule has 0 spiro atoms. The fraction of sp³-hybridized carbons (Fsp3) is 0.500. The van der Waals surface area contributed by atoms with Crippen LogP contribution in [0.15, 0.2) is 42.5 Å². The summed E-state index contributed by atoms with van der Waals surface area (Å²) < 4.78 is 0. The van der Waals surface area contributed by atoms with Crippen molar-refractivity contribution < 1.29 is 4.79 Å². The zero-order chi connectivity index (χ0) is 21.2. The maximum Gasteiger partial charge on any atom is 0.253 e. The summed E-state index contributed by atoms with van der Waals surface area (Å²) in [6, 6.07) is 15.1. The second kappa shape index (κ2) is 8.91. The molecule has 0 bridgehead atoms. The molecule has 2 N–H and O–H groups in total. The third kappa shape index (κ3) is 4.42. The number of hydrogen-bond acceptors (Lipinski definition) is 4. The predicted octanol–water partition coefficient (Wildman–Crippen LogP) is 3.57. The fourth-order valence-electron chi connectivity index (χ4n) is 5.54. The van der Waals surface area contributed by atoms with Gasteiger partial charge in [-0.2, -0.15) is 0 Å². The summed E-state index contributed by atoms with van der Waals surface area (Å²) in [7, 11) is 0. The zero-order valence-corrected chi connectivity index (χ0v) is 18.4. The predicted molar refractivity (Wildman–Crippen MR) is 127 cm³/mol. The topological polar surface area (TPSA) is 52.8 Å². The molecular formula is C26H34N4O. The third-order valence-corrected chi connectivity index (χ3v) is 7.46. The number of anilines is 2. The molecule has 3 aliphatic rings. The van der Waals surface area contributed by atoms with Gasteiger partial charge >= 0.3 is 0 Å². The monoisotopic (exact) mass is 418 g/mol. The Morgan fingerprint density at radius 2 is 1.48 bits per heavy atom. The molecule has 2 aromatic rings. The highest BCUT2D eigenvalue weighted by Crippen LogP contribution is 2.28. The normalized spacial score (nSPS) is 20.5. The van der Waals surface area contributed by atoms with Crippen molar-refractivity contribution in [1.82, 2.24) is 9.80 Å². The number of fused-ring (bicyclic) bond motifs is 1. The van der Waals surface area contributed by atoms with Gasteiger partial charge < -0.3 is 15.5 Å². The lowest BCUT2D eigenvalue weighted by molar-refractivity contribution is 0.0747. The Kier molecular flexibility index (Phi) is 5.86. The van der Waals surface area contributed by atoms with E-state index >= 15 is 0 Å². The van der Waals surface area contributed by atoms with Gasteiger partial charge in [-0.05, 0) is 73.2 Å². The van der Waals surface area contributed by atoms with Gasteiger partial charge in [0.1, 0.15) is 0 Å². The minimum atomic E-state index is 0.105. The summed E-state index contributed by atoms with van der Waals surface area (Å²) >= 11 is 0. The van der Waals surface area contributed by atoms with Crippen LogP contribution in [-0.4, -0.2) is 61.0 Å². The average molecular weight is 419 g/mol. The zero-order valence-electron chi connectivity index (χ0n) is 18.4. The molecule has 2 aromatic carbocycles. The van der Waals surface area contributed by atoms with Gasteiger partial charge in [0.15, 0.2) is 0 Å². The van der Waals surface area contributed by atoms with E-state index in [0.717, 1.165) is 44.2 Å². The van der Waals surface area contributed by atoms with Crippen molar-refractivity contribution in [2.24, 2.45) is 0 Å². The molecule has 0 radical (unpaired) electrons. The summed E-state index contributed by atoms with van der Waals surface area (Å²) in [4.78, 5) is 19.9. The van der Waals surface area contributed by atoms with Crippen molar-refractivity contribution >= 4 is 17.3 Å². The number of piperazine rings is 1. The van der Waals surface area contributed by atoms with Gasteiger partial charge in [0.05, 0.1) is 0 Å². The second-order valence-corrected chi connectivity index (χ2v) is 9.33. The molecule has 0 atom stereocenters. The van der Waals surface area contributed by atoms with Gasteiger partial charge in [0.2, 0.25) is 0 Å². The number of benzene rings is 2. The summed E-state index contributed by atoms with van der Waals surface area (Å²) in [6.45, 7) is 5.70. The molecule has 1 saturated heterocycles. The molecule has 1 aliphatic carbocycles. The lowest BCUT2D eigenvalue weighted by atomic mass is 10.0. The highest BCUT2D eigenvalue weighted by Gasteiger charge is 2.26. The first kappa shape index (κ1) is 20.4. The number of rotatable bonds is 3. The van der Waals surface area contributed by atoms with E-state index in [1.807, 2.05) is 17.0 Å². The SMILES string of the molecule is Nc1ccc(C(=O)N2CCN(c3ccc4c(c3)CCN(C3CCCC3)CC4)CC2)cc1. The van der Waals surface area contributed by atoms with Crippen molar-refractivity contribution in [2.75, 3.05) is 49.9 Å². The molecule has 1 saturated carbocycles. The first-order valence-electron chi connectivity index (χ1n) is 11.9. The Balaban J connectivity index is 1.21. The number of nitrogens with zero attached hydrogens (tertiary/aromatic N) is 3. The van der Waals surface area contributed by atoms with Gasteiger partial charge in [0, 0.05) is 62.2 Å². The number of nitrogens with two attached hydrogens (primary N) is 1. The van der Waals surface area contributed by atoms with Gasteiger partial charge in [-0.15, -0.1) is 0 Å². The van der Waals surface area contributed by atoms with Crippen molar-refractivity contribution in [1.29, 1.82) is 0 Å². The van der Waals surface area contributed by atoms with Crippen molar-refractivity contribution in [3.8, 4) is 0 Å². The van der Waals surface area contributed by atoms with Crippen LogP contribution in [0.3, 0.4) is 0 Å². The van der Waals surface area contributed by atoms with Crippen LogP contribution >= 0.6 is 0 Å². The lowest BCUT2D eigenvalue weighted by Crippen LogP contribution is -2.48. The van der Waals surface area contributed by atoms with Crippen LogP contribution in [0.2, 0.25) is 0 Å². The van der Waals surface area contributed by atoms with Crippen LogP contribution in [0.25, 0.3) is 0 Å². The maximum absolute atomic E-state index is 12.8. The Bertz CT molecular complexity index is 912. The van der Waals surface area contributed by atoms with Gasteiger partial charge in [-0.3, -0.25) is 9.69 Å². The fourth-order valence-corrected chi connectivity index (χ4v) is 5.54. The first-order chi connectivity index (χ1) is 15.2. The van der Waals surface area contributed by atoms with Gasteiger partial charge in [0.25, 0.3) is 5.91 Å². The second-order valence-electron chi connectivity index (χ2n) is 9.33. The minimum Gasteiger partial charge on any atom is -0.399 e. The molecule has 2 fully saturated rings. The van der Waals surface area contributed by atoms with E-state index in [1.165, 1.54) is 62.0 Å². The van der Waals surface area contributed by atoms with Crippen molar-refractivity contribution in [3.05, 3.63) is 59.2 Å². The summed E-state index contributed by atoms with van der Waals surface area (Å²) in [6.07, 6.45) is 7.93. The average Bonchev–Trinajstić information content (AvgIpc) is 3.26. The van der Waals surface area contributed by atoms with Crippen LogP contribution < -0.4 is 10.6 Å². The van der Waals surface area contributed by atoms with E-state index in [-0.39, 0.29) is 5.91 Å². The first-order valence-corrected chi connectivity index (χ1v) is 11.9. The lowest BCUT2D eigenvalue weighted by Gasteiger charge is -2.36. The van der Waals surface area contributed by atoms with Crippen LogP contribution in [0, 0.1) is 0 Å². The van der Waals surface area contributed by atoms with Gasteiger partial charge in [-0.1, -0.05) is 18.9 Å². The third-order valence-electron chi connectivity index (χ3n) is 7.46. The van der Waals surface area contributed by atoms with Crippen molar-refractivity contribution in [3.63, 3.8) is 0 Å². The molecule has 0 unspecified atom stereocenters. The smallest absolute Gasteiger partial charge is 0.253 e. The standard InChI is InChI=1S/C26H34N4O/c27-23-8-5-21(6-9-23)26(31)30-17-15-29(16-18-30)25-10-7-20-11-13-28(14-12-22(20)19-25)24-3-1-2-4-24/h5-10,19,24H,1-4,11-18,27H2. The Morgan fingerprint density at radius 1 is 0.806 bits per heavy atom. The molecular weight excluding hydrogens is 384 g/mol. The van der Waals surface area contributed by atoms with E-state index in [1.54, 1.807) is 12.1 Å². The van der Waals surface area contributed by atoms with Crippen LogP contribution in [0.1, 0.15) is 47.2 Å². The van der Waals surface area contributed by atoms with Crippen LogP contribution in [0.5, 0.6) is 0 Å². The summed E-state index contributed by atoms with van der Waals surface area (Å²) in [5.41, 5.74) is 11.5. The largest absolute Gasteiger partial charge is 0.399 e. The van der Waals surface area contributed by atoms with E-state index in [9.17, 15) is 4.79 Å². The number of nitrogen functional groups attached to an aromatic ring is 1. The summed E-state index contributed by atoms with van der Waals surface area (Å²) in [5, 5.41) is 0. The van der Waals surface area contributed by atoms with Crippen molar-refractivity contribution in [2.45, 2.75) is 44.6 Å². The highest BCUT2D eigenvalue weighted by atomic mass is 16.2. The van der Waals surface area contributed by atoms with E-state index in [4.69, 9.17) is 5.73 Å². The molecule has 5 nitrogen and oxygen atoms in total. The van der Waals surface area contributed by atoms with E-state index < -0.39 is 0 Å². The Labute approximate surface area is 185 Å². The molecule has 1 amide bonds. The number of amides is 1. The molecule has 5 rings (SSSR count). The minimum absolute atomic E-state index is 0.105. The molecule has 2 heterocycles. The number of carbonyl (C=O) groups excluding carboxylic acids is 1. The maximum atomic E-state index is 12.8. The van der Waals surface area contributed by atoms with Gasteiger partial charge in [-0.25, -0.2) is 0 Å². The molecule has 31 heavy (non-hydrogen) atoms. The highest BCUT2D eigenvalue weighted by molar-refractivity contribution is 5.94. The molecule has 2 aliphatic heterocycles. The van der Waals surface area contributed by atoms with E-state index in [2.05, 4.69) is 28.0 Å². The molecule has 164 valence electrons. The Morgan fingerprint density at radius 3 is 2.19 bits per heavy atom. The molecule has 0 aromatic heterocycles.